The third-order valence-corrected chi connectivity index (χ3v) is 3.62. The van der Waals surface area contributed by atoms with Crippen molar-refractivity contribution in [2.75, 3.05) is 26.8 Å². The molecule has 0 spiro atoms. The van der Waals surface area contributed by atoms with Crippen LogP contribution in [0.4, 0.5) is 8.78 Å². The molecule has 1 aliphatic rings. The van der Waals surface area contributed by atoms with Crippen LogP contribution >= 0.6 is 0 Å². The second kappa shape index (κ2) is 7.15. The van der Waals surface area contributed by atoms with Crippen LogP contribution in [0.15, 0.2) is 24.3 Å². The quantitative estimate of drug-likeness (QED) is 0.875. The number of benzene rings is 1. The molecular formula is C15H21F2NO3. The molecule has 0 saturated carbocycles. The number of para-hydroxylation sites is 1. The molecule has 21 heavy (non-hydrogen) atoms. The van der Waals surface area contributed by atoms with Crippen molar-refractivity contribution in [2.24, 2.45) is 0 Å². The minimum absolute atomic E-state index is 0.179. The third kappa shape index (κ3) is 4.91. The standard InChI is InChI=1S/C15H21F2NO3/c1-18(11-15(19)6-8-20-9-7-15)10-12-4-2-3-5-13(12)21-14(16)17/h2-5,14,19H,6-11H2,1H3. The maximum absolute atomic E-state index is 12.4. The van der Waals surface area contributed by atoms with Gasteiger partial charge in [-0.05, 0) is 13.1 Å². The van der Waals surface area contributed by atoms with Crippen LogP contribution in [0.2, 0.25) is 0 Å². The van der Waals surface area contributed by atoms with Gasteiger partial charge in [0.25, 0.3) is 0 Å². The van der Waals surface area contributed by atoms with Crippen molar-refractivity contribution in [2.45, 2.75) is 31.6 Å². The molecule has 1 saturated heterocycles. The molecule has 1 aromatic rings. The summed E-state index contributed by atoms with van der Waals surface area (Å²) < 4.78 is 34.5. The van der Waals surface area contributed by atoms with Crippen molar-refractivity contribution in [3.8, 4) is 5.75 Å². The first kappa shape index (κ1) is 16.1. The van der Waals surface area contributed by atoms with Crippen LogP contribution in [-0.2, 0) is 11.3 Å². The topological polar surface area (TPSA) is 41.9 Å². The van der Waals surface area contributed by atoms with E-state index in [0.29, 0.717) is 44.7 Å². The fraction of sp³-hybridized carbons (Fsp3) is 0.600. The number of aliphatic hydroxyl groups is 1. The summed E-state index contributed by atoms with van der Waals surface area (Å²) in [7, 11) is 1.85. The molecular weight excluding hydrogens is 280 g/mol. The Morgan fingerprint density at radius 1 is 1.33 bits per heavy atom. The van der Waals surface area contributed by atoms with E-state index in [0.717, 1.165) is 0 Å². The normalized spacial score (nSPS) is 18.2. The molecule has 0 aliphatic carbocycles. The summed E-state index contributed by atoms with van der Waals surface area (Å²) in [5.41, 5.74) is -0.0955. The molecule has 0 unspecified atom stereocenters. The summed E-state index contributed by atoms with van der Waals surface area (Å²) in [6.07, 6.45) is 1.18. The molecule has 0 bridgehead atoms. The minimum Gasteiger partial charge on any atom is -0.434 e. The highest BCUT2D eigenvalue weighted by Gasteiger charge is 2.31. The van der Waals surface area contributed by atoms with Gasteiger partial charge in [0.2, 0.25) is 0 Å². The molecule has 0 aromatic heterocycles. The Morgan fingerprint density at radius 3 is 2.67 bits per heavy atom. The van der Waals surface area contributed by atoms with E-state index in [1.54, 1.807) is 18.2 Å². The summed E-state index contributed by atoms with van der Waals surface area (Å²) in [6.45, 7) is -0.827. The van der Waals surface area contributed by atoms with Crippen molar-refractivity contribution in [1.29, 1.82) is 0 Å². The van der Waals surface area contributed by atoms with Crippen LogP contribution < -0.4 is 4.74 Å². The van der Waals surface area contributed by atoms with Crippen molar-refractivity contribution < 1.29 is 23.4 Å². The lowest BCUT2D eigenvalue weighted by atomic mass is 9.94. The molecule has 4 nitrogen and oxygen atoms in total. The molecule has 118 valence electrons. The molecule has 1 N–H and O–H groups in total. The highest BCUT2D eigenvalue weighted by Crippen LogP contribution is 2.25. The van der Waals surface area contributed by atoms with E-state index in [-0.39, 0.29) is 5.75 Å². The number of alkyl halides is 2. The van der Waals surface area contributed by atoms with Gasteiger partial charge in [-0.2, -0.15) is 8.78 Å². The Balaban J connectivity index is 1.97. The fourth-order valence-corrected chi connectivity index (χ4v) is 2.60. The average Bonchev–Trinajstić information content (AvgIpc) is 2.40. The maximum Gasteiger partial charge on any atom is 0.387 e. The number of hydrogen-bond acceptors (Lipinski definition) is 4. The van der Waals surface area contributed by atoms with E-state index in [2.05, 4.69) is 4.74 Å². The second-order valence-corrected chi connectivity index (χ2v) is 5.50. The van der Waals surface area contributed by atoms with E-state index in [1.807, 2.05) is 11.9 Å². The van der Waals surface area contributed by atoms with E-state index >= 15 is 0 Å². The van der Waals surface area contributed by atoms with Gasteiger partial charge in [-0.25, -0.2) is 0 Å². The highest BCUT2D eigenvalue weighted by molar-refractivity contribution is 5.33. The molecule has 0 radical (unpaired) electrons. The molecule has 0 amide bonds. The Bertz CT molecular complexity index is 450. The highest BCUT2D eigenvalue weighted by atomic mass is 19.3. The SMILES string of the molecule is CN(Cc1ccccc1OC(F)F)CC1(O)CCOCC1. The lowest BCUT2D eigenvalue weighted by molar-refractivity contribution is -0.0783. The predicted octanol–water partition coefficient (Wildman–Crippen LogP) is 2.26. The van der Waals surface area contributed by atoms with Crippen molar-refractivity contribution in [1.82, 2.24) is 4.90 Å². The minimum atomic E-state index is -2.84. The first-order chi connectivity index (χ1) is 9.98. The predicted molar refractivity (Wildman–Crippen MR) is 74.4 cm³/mol. The van der Waals surface area contributed by atoms with Crippen LogP contribution in [-0.4, -0.2) is 49.0 Å². The Hall–Kier alpha value is -1.24. The number of halogens is 2. The smallest absolute Gasteiger partial charge is 0.387 e. The van der Waals surface area contributed by atoms with Gasteiger partial charge in [0.1, 0.15) is 5.75 Å². The van der Waals surface area contributed by atoms with E-state index in [9.17, 15) is 13.9 Å². The van der Waals surface area contributed by atoms with Gasteiger partial charge >= 0.3 is 6.61 Å². The molecule has 6 heteroatoms. The Morgan fingerprint density at radius 2 is 2.00 bits per heavy atom. The van der Waals surface area contributed by atoms with Gasteiger partial charge in [0.15, 0.2) is 0 Å². The zero-order valence-corrected chi connectivity index (χ0v) is 12.1. The number of nitrogens with zero attached hydrogens (tertiary/aromatic N) is 1. The summed E-state index contributed by atoms with van der Waals surface area (Å²) in [5, 5.41) is 10.5. The molecule has 0 atom stereocenters. The molecule has 1 aromatic carbocycles. The largest absolute Gasteiger partial charge is 0.434 e. The fourth-order valence-electron chi connectivity index (χ4n) is 2.60. The van der Waals surface area contributed by atoms with Gasteiger partial charge in [0, 0.05) is 44.7 Å². The van der Waals surface area contributed by atoms with Crippen LogP contribution in [0.3, 0.4) is 0 Å². The molecule has 1 aliphatic heterocycles. The average molecular weight is 301 g/mol. The van der Waals surface area contributed by atoms with Crippen molar-refractivity contribution in [3.63, 3.8) is 0 Å². The molecule has 1 heterocycles. The number of rotatable bonds is 6. The van der Waals surface area contributed by atoms with Crippen LogP contribution in [0.1, 0.15) is 18.4 Å². The monoisotopic (exact) mass is 301 g/mol. The van der Waals surface area contributed by atoms with Crippen LogP contribution in [0.5, 0.6) is 5.75 Å². The van der Waals surface area contributed by atoms with E-state index in [1.165, 1.54) is 6.07 Å². The third-order valence-electron chi connectivity index (χ3n) is 3.62. The van der Waals surface area contributed by atoms with Gasteiger partial charge < -0.3 is 14.6 Å². The lowest BCUT2D eigenvalue weighted by Crippen LogP contribution is -2.45. The number of ether oxygens (including phenoxy) is 2. The summed E-state index contributed by atoms with van der Waals surface area (Å²) in [5.74, 6) is 0.179. The van der Waals surface area contributed by atoms with Crippen molar-refractivity contribution >= 4 is 0 Å². The van der Waals surface area contributed by atoms with E-state index < -0.39 is 12.2 Å². The Kier molecular flexibility index (Phi) is 5.50. The zero-order chi connectivity index (χ0) is 15.3. The zero-order valence-electron chi connectivity index (χ0n) is 12.1. The van der Waals surface area contributed by atoms with Gasteiger partial charge in [0.05, 0.1) is 5.60 Å². The molecule has 1 fully saturated rings. The van der Waals surface area contributed by atoms with Gasteiger partial charge in [-0.15, -0.1) is 0 Å². The van der Waals surface area contributed by atoms with Crippen LogP contribution in [0.25, 0.3) is 0 Å². The van der Waals surface area contributed by atoms with Crippen LogP contribution in [0, 0.1) is 0 Å². The van der Waals surface area contributed by atoms with E-state index in [4.69, 9.17) is 4.74 Å². The second-order valence-electron chi connectivity index (χ2n) is 5.50. The van der Waals surface area contributed by atoms with Gasteiger partial charge in [-0.1, -0.05) is 18.2 Å². The maximum atomic E-state index is 12.4. The summed E-state index contributed by atoms with van der Waals surface area (Å²) >= 11 is 0. The molecule has 2 rings (SSSR count). The number of likely N-dealkylation sites (N-methyl/N-ethyl adjacent to an activating group) is 1. The first-order valence-corrected chi connectivity index (χ1v) is 7.00. The summed E-state index contributed by atoms with van der Waals surface area (Å²) in [6, 6.07) is 6.72. The number of hydrogen-bond donors (Lipinski definition) is 1. The Labute approximate surface area is 123 Å². The lowest BCUT2D eigenvalue weighted by Gasteiger charge is -2.35. The first-order valence-electron chi connectivity index (χ1n) is 7.00. The van der Waals surface area contributed by atoms with Crippen molar-refractivity contribution in [3.05, 3.63) is 29.8 Å². The summed E-state index contributed by atoms with van der Waals surface area (Å²) in [4.78, 5) is 1.92. The van der Waals surface area contributed by atoms with Gasteiger partial charge in [-0.3, -0.25) is 4.90 Å².